The lowest BCUT2D eigenvalue weighted by Crippen LogP contribution is -2.39. The van der Waals surface area contributed by atoms with Crippen molar-refractivity contribution in [2.75, 3.05) is 13.2 Å². The molecule has 1 aliphatic heterocycles. The summed E-state index contributed by atoms with van der Waals surface area (Å²) in [6.07, 6.45) is 2.29. The predicted molar refractivity (Wildman–Crippen MR) is 66.5 cm³/mol. The van der Waals surface area contributed by atoms with Crippen molar-refractivity contribution in [2.24, 2.45) is 13.0 Å². The zero-order valence-corrected chi connectivity index (χ0v) is 11.7. The van der Waals surface area contributed by atoms with Crippen LogP contribution in [0, 0.1) is 12.8 Å². The highest BCUT2D eigenvalue weighted by molar-refractivity contribution is 7.89. The molecule has 1 saturated heterocycles. The monoisotopic (exact) mass is 273 g/mol. The molecule has 0 spiro atoms. The fourth-order valence-corrected chi connectivity index (χ4v) is 4.07. The van der Waals surface area contributed by atoms with E-state index in [0.29, 0.717) is 12.4 Å². The third kappa shape index (κ3) is 2.06. The number of rotatable bonds is 3. The Bertz CT molecular complexity index is 518. The van der Waals surface area contributed by atoms with Crippen LogP contribution >= 0.6 is 0 Å². The maximum Gasteiger partial charge on any atom is 0.262 e. The second-order valence-electron chi connectivity index (χ2n) is 4.87. The first-order valence-corrected chi connectivity index (χ1v) is 7.44. The van der Waals surface area contributed by atoms with E-state index in [1.165, 1.54) is 10.5 Å². The SMILES string of the molecule is Cc1nc(S(=O)(=O)N2CCC(C)C2CO)cn1C. The second kappa shape index (κ2) is 4.64. The quantitative estimate of drug-likeness (QED) is 0.849. The van der Waals surface area contributed by atoms with Gasteiger partial charge in [-0.3, -0.25) is 0 Å². The molecule has 1 fully saturated rings. The summed E-state index contributed by atoms with van der Waals surface area (Å²) in [7, 11) is -1.83. The van der Waals surface area contributed by atoms with Gasteiger partial charge < -0.3 is 9.67 Å². The first kappa shape index (κ1) is 13.5. The van der Waals surface area contributed by atoms with Crippen molar-refractivity contribution in [3.8, 4) is 0 Å². The van der Waals surface area contributed by atoms with E-state index in [2.05, 4.69) is 4.98 Å². The lowest BCUT2D eigenvalue weighted by atomic mass is 10.0. The minimum Gasteiger partial charge on any atom is -0.395 e. The molecule has 1 aliphatic rings. The number of aliphatic hydroxyl groups is 1. The zero-order chi connectivity index (χ0) is 13.5. The summed E-state index contributed by atoms with van der Waals surface area (Å²) >= 11 is 0. The third-order valence-electron chi connectivity index (χ3n) is 3.68. The molecule has 18 heavy (non-hydrogen) atoms. The minimum atomic E-state index is -3.59. The van der Waals surface area contributed by atoms with Crippen LogP contribution in [0.15, 0.2) is 11.2 Å². The molecule has 102 valence electrons. The molecule has 2 rings (SSSR count). The zero-order valence-electron chi connectivity index (χ0n) is 10.9. The van der Waals surface area contributed by atoms with E-state index in [4.69, 9.17) is 0 Å². The van der Waals surface area contributed by atoms with Gasteiger partial charge in [-0.2, -0.15) is 4.31 Å². The fraction of sp³-hybridized carbons (Fsp3) is 0.727. The Hall–Kier alpha value is -0.920. The molecule has 0 aromatic carbocycles. The Kier molecular flexibility index (Phi) is 3.48. The van der Waals surface area contributed by atoms with Gasteiger partial charge in [-0.15, -0.1) is 0 Å². The average molecular weight is 273 g/mol. The number of aromatic nitrogens is 2. The molecule has 1 aromatic rings. The topological polar surface area (TPSA) is 75.4 Å². The van der Waals surface area contributed by atoms with Crippen molar-refractivity contribution in [3.05, 3.63) is 12.0 Å². The van der Waals surface area contributed by atoms with Crippen LogP contribution < -0.4 is 0 Å². The molecule has 1 N–H and O–H groups in total. The van der Waals surface area contributed by atoms with Crippen molar-refractivity contribution in [1.82, 2.24) is 13.9 Å². The smallest absolute Gasteiger partial charge is 0.262 e. The standard InChI is InChI=1S/C11H19N3O3S/c1-8-4-5-14(10(8)7-15)18(16,17)11-6-13(3)9(2)12-11/h6,8,10,15H,4-5,7H2,1-3H3. The fourth-order valence-electron chi connectivity index (χ4n) is 2.31. The van der Waals surface area contributed by atoms with Crippen LogP contribution in [0.2, 0.25) is 0 Å². The number of nitrogens with zero attached hydrogens (tertiary/aromatic N) is 3. The predicted octanol–water partition coefficient (Wildman–Crippen LogP) is 0.120. The van der Waals surface area contributed by atoms with Crippen LogP contribution in [-0.2, 0) is 17.1 Å². The van der Waals surface area contributed by atoms with Crippen molar-refractivity contribution in [1.29, 1.82) is 0 Å². The molecule has 6 nitrogen and oxygen atoms in total. The highest BCUT2D eigenvalue weighted by Crippen LogP contribution is 2.29. The Morgan fingerprint density at radius 2 is 2.22 bits per heavy atom. The van der Waals surface area contributed by atoms with Gasteiger partial charge in [0.25, 0.3) is 10.0 Å². The summed E-state index contributed by atoms with van der Waals surface area (Å²) in [4.78, 5) is 4.07. The number of sulfonamides is 1. The molecule has 2 atom stereocenters. The van der Waals surface area contributed by atoms with Crippen LogP contribution in [-0.4, -0.2) is 46.6 Å². The summed E-state index contributed by atoms with van der Waals surface area (Å²) < 4.78 is 28.0. The van der Waals surface area contributed by atoms with Gasteiger partial charge in [-0.1, -0.05) is 6.92 Å². The summed E-state index contributed by atoms with van der Waals surface area (Å²) in [6, 6.07) is -0.336. The maximum atomic E-state index is 12.5. The van der Waals surface area contributed by atoms with Gasteiger partial charge in [0.05, 0.1) is 12.6 Å². The van der Waals surface area contributed by atoms with Crippen LogP contribution in [0.1, 0.15) is 19.2 Å². The Morgan fingerprint density at radius 1 is 1.56 bits per heavy atom. The van der Waals surface area contributed by atoms with E-state index in [1.807, 2.05) is 6.92 Å². The second-order valence-corrected chi connectivity index (χ2v) is 6.71. The molecule has 0 radical (unpaired) electrons. The number of imidazole rings is 1. The first-order valence-electron chi connectivity index (χ1n) is 6.00. The summed E-state index contributed by atoms with van der Waals surface area (Å²) in [5.74, 6) is 0.830. The van der Waals surface area contributed by atoms with Gasteiger partial charge in [-0.25, -0.2) is 13.4 Å². The lowest BCUT2D eigenvalue weighted by Gasteiger charge is -2.23. The molecule has 7 heteroatoms. The van der Waals surface area contributed by atoms with Crippen LogP contribution in [0.4, 0.5) is 0 Å². The number of aryl methyl sites for hydroxylation is 2. The first-order chi connectivity index (χ1) is 8.37. The van der Waals surface area contributed by atoms with E-state index in [-0.39, 0.29) is 23.6 Å². The van der Waals surface area contributed by atoms with E-state index in [9.17, 15) is 13.5 Å². The maximum absolute atomic E-state index is 12.5. The van der Waals surface area contributed by atoms with E-state index in [1.54, 1.807) is 18.5 Å². The van der Waals surface area contributed by atoms with Gasteiger partial charge in [0.1, 0.15) is 5.82 Å². The lowest BCUT2D eigenvalue weighted by molar-refractivity contribution is 0.191. The van der Waals surface area contributed by atoms with Crippen LogP contribution in [0.25, 0.3) is 0 Å². The van der Waals surface area contributed by atoms with Crippen molar-refractivity contribution >= 4 is 10.0 Å². The van der Waals surface area contributed by atoms with Gasteiger partial charge in [-0.05, 0) is 19.3 Å². The molecule has 1 aromatic heterocycles. The molecule has 2 heterocycles. The summed E-state index contributed by atoms with van der Waals surface area (Å²) in [5, 5.41) is 9.41. The number of hydrogen-bond donors (Lipinski definition) is 1. The third-order valence-corrected chi connectivity index (χ3v) is 5.47. The molecule has 0 aliphatic carbocycles. The average Bonchev–Trinajstić information content (AvgIpc) is 2.84. The van der Waals surface area contributed by atoms with Crippen molar-refractivity contribution in [3.63, 3.8) is 0 Å². The van der Waals surface area contributed by atoms with E-state index < -0.39 is 10.0 Å². The molecule has 0 bridgehead atoms. The largest absolute Gasteiger partial charge is 0.395 e. The molecule has 0 amide bonds. The Labute approximate surface area is 107 Å². The molecule has 0 saturated carbocycles. The number of aliphatic hydroxyl groups excluding tert-OH is 1. The Balaban J connectivity index is 2.37. The van der Waals surface area contributed by atoms with E-state index >= 15 is 0 Å². The Morgan fingerprint density at radius 3 is 2.72 bits per heavy atom. The van der Waals surface area contributed by atoms with Crippen molar-refractivity contribution in [2.45, 2.75) is 31.3 Å². The van der Waals surface area contributed by atoms with Gasteiger partial charge in [0.2, 0.25) is 0 Å². The highest BCUT2D eigenvalue weighted by Gasteiger charge is 2.40. The van der Waals surface area contributed by atoms with Crippen molar-refractivity contribution < 1.29 is 13.5 Å². The molecule has 2 unspecified atom stereocenters. The minimum absolute atomic E-state index is 0.0649. The van der Waals surface area contributed by atoms with Gasteiger partial charge >= 0.3 is 0 Å². The van der Waals surface area contributed by atoms with Gasteiger partial charge in [0, 0.05) is 19.8 Å². The van der Waals surface area contributed by atoms with E-state index in [0.717, 1.165) is 6.42 Å². The summed E-state index contributed by atoms with van der Waals surface area (Å²) in [5.41, 5.74) is 0. The summed E-state index contributed by atoms with van der Waals surface area (Å²) in [6.45, 7) is 4.02. The molecular weight excluding hydrogens is 254 g/mol. The molecular formula is C11H19N3O3S. The van der Waals surface area contributed by atoms with Crippen LogP contribution in [0.5, 0.6) is 0 Å². The van der Waals surface area contributed by atoms with Crippen LogP contribution in [0.3, 0.4) is 0 Å². The normalized spacial score (nSPS) is 25.8. The van der Waals surface area contributed by atoms with Gasteiger partial charge in [0.15, 0.2) is 5.03 Å². The number of hydrogen-bond acceptors (Lipinski definition) is 4. The highest BCUT2D eigenvalue weighted by atomic mass is 32.2.